The lowest BCUT2D eigenvalue weighted by atomic mass is 9.82. The van der Waals surface area contributed by atoms with Gasteiger partial charge in [-0.15, -0.1) is 0 Å². The number of rotatable bonds is 5. The smallest absolute Gasteiger partial charge is 0.0465 e. The molecule has 1 aromatic heterocycles. The minimum Gasteiger partial charge on any atom is -0.310 e. The van der Waals surface area contributed by atoms with Gasteiger partial charge in [0.1, 0.15) is 0 Å². The molecule has 6 aromatic carbocycles. The fourth-order valence-electron chi connectivity index (χ4n) is 6.79. The zero-order valence-electron chi connectivity index (χ0n) is 24.9. The van der Waals surface area contributed by atoms with Gasteiger partial charge >= 0.3 is 0 Å². The second kappa shape index (κ2) is 10.4. The molecule has 0 fully saturated rings. The standard InChI is InChI=1S/C42H32N2/c1-42(2)40-12-6-5-11-38(40)39-24-23-37(27-41(39)42)44(36-21-17-31(18-22-36)34-10-7-25-43-28-34)35-19-15-30(16-20-35)33-14-13-29-8-3-4-9-32(29)26-33/h3-28H,1-2H3. The third-order valence-electron chi connectivity index (χ3n) is 9.15. The summed E-state index contributed by atoms with van der Waals surface area (Å²) in [6.07, 6.45) is 3.73. The predicted octanol–water partition coefficient (Wildman–Crippen LogP) is 11.3. The summed E-state index contributed by atoms with van der Waals surface area (Å²) in [7, 11) is 0. The van der Waals surface area contributed by atoms with Gasteiger partial charge in [-0.3, -0.25) is 4.98 Å². The second-order valence-electron chi connectivity index (χ2n) is 12.1. The van der Waals surface area contributed by atoms with Gasteiger partial charge in [-0.05, 0) is 104 Å². The maximum Gasteiger partial charge on any atom is 0.0465 e. The molecule has 0 N–H and O–H groups in total. The zero-order valence-corrected chi connectivity index (χ0v) is 24.9. The molecule has 0 amide bonds. The Balaban J connectivity index is 1.22. The molecule has 2 heteroatoms. The number of fused-ring (bicyclic) bond motifs is 4. The van der Waals surface area contributed by atoms with Crippen LogP contribution in [-0.2, 0) is 5.41 Å². The van der Waals surface area contributed by atoms with Crippen LogP contribution < -0.4 is 4.90 Å². The van der Waals surface area contributed by atoms with E-state index < -0.39 is 0 Å². The first-order valence-corrected chi connectivity index (χ1v) is 15.2. The SMILES string of the molecule is CC1(C)c2ccccc2-c2ccc(N(c3ccc(-c4cccnc4)cc3)c3ccc(-c4ccc5ccccc5c4)cc3)cc21. The molecule has 0 saturated carbocycles. The summed E-state index contributed by atoms with van der Waals surface area (Å²) in [5.74, 6) is 0. The average Bonchev–Trinajstić information content (AvgIpc) is 3.31. The Hall–Kier alpha value is -5.47. The maximum absolute atomic E-state index is 4.32. The van der Waals surface area contributed by atoms with Crippen LogP contribution in [0.2, 0.25) is 0 Å². The number of hydrogen-bond donors (Lipinski definition) is 0. The Morgan fingerprint density at radius 3 is 1.80 bits per heavy atom. The average molecular weight is 565 g/mol. The number of pyridine rings is 1. The van der Waals surface area contributed by atoms with Crippen LogP contribution in [-0.4, -0.2) is 4.98 Å². The summed E-state index contributed by atoms with van der Waals surface area (Å²) in [6, 6.07) is 52.9. The fraction of sp³-hybridized carbons (Fsp3) is 0.0714. The van der Waals surface area contributed by atoms with Crippen LogP contribution in [0.25, 0.3) is 44.2 Å². The largest absolute Gasteiger partial charge is 0.310 e. The van der Waals surface area contributed by atoms with Crippen LogP contribution in [0, 0.1) is 0 Å². The molecule has 0 bridgehead atoms. The molecule has 0 aliphatic heterocycles. The van der Waals surface area contributed by atoms with E-state index in [4.69, 9.17) is 0 Å². The number of anilines is 3. The van der Waals surface area contributed by atoms with Crippen molar-refractivity contribution in [3.63, 3.8) is 0 Å². The molecular formula is C42H32N2. The van der Waals surface area contributed by atoms with E-state index in [1.54, 1.807) is 0 Å². The Kier molecular flexibility index (Phi) is 6.16. The molecule has 7 aromatic rings. The van der Waals surface area contributed by atoms with Crippen LogP contribution in [0.4, 0.5) is 17.1 Å². The lowest BCUT2D eigenvalue weighted by molar-refractivity contribution is 0.660. The van der Waals surface area contributed by atoms with Crippen molar-refractivity contribution in [1.82, 2.24) is 4.98 Å². The first-order chi connectivity index (χ1) is 21.6. The summed E-state index contributed by atoms with van der Waals surface area (Å²) in [5.41, 5.74) is 13.4. The first-order valence-electron chi connectivity index (χ1n) is 15.2. The Bertz CT molecular complexity index is 2130. The summed E-state index contributed by atoms with van der Waals surface area (Å²) in [6.45, 7) is 4.68. The summed E-state index contributed by atoms with van der Waals surface area (Å²) >= 11 is 0. The molecule has 2 nitrogen and oxygen atoms in total. The Morgan fingerprint density at radius 2 is 1.07 bits per heavy atom. The molecule has 0 radical (unpaired) electrons. The van der Waals surface area contributed by atoms with Crippen molar-refractivity contribution < 1.29 is 0 Å². The molecule has 0 spiro atoms. The van der Waals surface area contributed by atoms with Crippen molar-refractivity contribution in [3.8, 4) is 33.4 Å². The number of benzene rings is 6. The molecule has 0 saturated heterocycles. The van der Waals surface area contributed by atoms with Crippen molar-refractivity contribution in [2.24, 2.45) is 0 Å². The van der Waals surface area contributed by atoms with Gasteiger partial charge in [0.2, 0.25) is 0 Å². The van der Waals surface area contributed by atoms with Gasteiger partial charge in [0, 0.05) is 34.9 Å². The van der Waals surface area contributed by atoms with E-state index >= 15 is 0 Å². The number of nitrogens with zero attached hydrogens (tertiary/aromatic N) is 2. The van der Waals surface area contributed by atoms with Gasteiger partial charge in [-0.25, -0.2) is 0 Å². The van der Waals surface area contributed by atoms with E-state index in [1.165, 1.54) is 44.2 Å². The first kappa shape index (κ1) is 26.2. The van der Waals surface area contributed by atoms with E-state index in [0.717, 1.165) is 28.2 Å². The van der Waals surface area contributed by atoms with E-state index in [9.17, 15) is 0 Å². The van der Waals surface area contributed by atoms with E-state index in [0.29, 0.717) is 0 Å². The molecule has 210 valence electrons. The van der Waals surface area contributed by atoms with Crippen LogP contribution >= 0.6 is 0 Å². The van der Waals surface area contributed by atoms with Crippen LogP contribution in [0.1, 0.15) is 25.0 Å². The molecular weight excluding hydrogens is 532 g/mol. The lowest BCUT2D eigenvalue weighted by Gasteiger charge is -2.28. The normalized spacial score (nSPS) is 13.0. The van der Waals surface area contributed by atoms with Gasteiger partial charge in [0.15, 0.2) is 0 Å². The second-order valence-corrected chi connectivity index (χ2v) is 12.1. The van der Waals surface area contributed by atoms with Gasteiger partial charge in [-0.2, -0.15) is 0 Å². The fourth-order valence-corrected chi connectivity index (χ4v) is 6.79. The molecule has 0 unspecified atom stereocenters. The van der Waals surface area contributed by atoms with Crippen LogP contribution in [0.15, 0.2) is 158 Å². The van der Waals surface area contributed by atoms with Gasteiger partial charge in [-0.1, -0.05) is 111 Å². The van der Waals surface area contributed by atoms with Crippen molar-refractivity contribution in [2.45, 2.75) is 19.3 Å². The molecule has 8 rings (SSSR count). The van der Waals surface area contributed by atoms with E-state index in [1.807, 2.05) is 18.5 Å². The maximum atomic E-state index is 4.32. The molecule has 1 aliphatic carbocycles. The van der Waals surface area contributed by atoms with Gasteiger partial charge in [0.25, 0.3) is 0 Å². The highest BCUT2D eigenvalue weighted by atomic mass is 15.1. The summed E-state index contributed by atoms with van der Waals surface area (Å²) in [4.78, 5) is 6.69. The van der Waals surface area contributed by atoms with Gasteiger partial charge in [0.05, 0.1) is 0 Å². The molecule has 0 atom stereocenters. The Labute approximate surface area is 258 Å². The molecule has 1 aliphatic rings. The topological polar surface area (TPSA) is 16.1 Å². The molecule has 44 heavy (non-hydrogen) atoms. The Morgan fingerprint density at radius 1 is 0.455 bits per heavy atom. The van der Waals surface area contributed by atoms with E-state index in [-0.39, 0.29) is 5.41 Å². The predicted molar refractivity (Wildman–Crippen MR) is 185 cm³/mol. The van der Waals surface area contributed by atoms with Crippen LogP contribution in [0.3, 0.4) is 0 Å². The quantitative estimate of drug-likeness (QED) is 0.207. The van der Waals surface area contributed by atoms with E-state index in [2.05, 4.69) is 163 Å². The highest BCUT2D eigenvalue weighted by Crippen LogP contribution is 2.50. The zero-order chi connectivity index (χ0) is 29.7. The number of hydrogen-bond acceptors (Lipinski definition) is 2. The third kappa shape index (κ3) is 4.39. The van der Waals surface area contributed by atoms with Crippen molar-refractivity contribution in [3.05, 3.63) is 169 Å². The van der Waals surface area contributed by atoms with Gasteiger partial charge < -0.3 is 4.90 Å². The summed E-state index contributed by atoms with van der Waals surface area (Å²) in [5, 5.41) is 2.52. The van der Waals surface area contributed by atoms with Crippen LogP contribution in [0.5, 0.6) is 0 Å². The third-order valence-corrected chi connectivity index (χ3v) is 9.15. The summed E-state index contributed by atoms with van der Waals surface area (Å²) < 4.78 is 0. The van der Waals surface area contributed by atoms with Crippen molar-refractivity contribution >= 4 is 27.8 Å². The highest BCUT2D eigenvalue weighted by Gasteiger charge is 2.35. The monoisotopic (exact) mass is 564 g/mol. The molecule has 1 heterocycles. The minimum absolute atomic E-state index is 0.0717. The van der Waals surface area contributed by atoms with Crippen molar-refractivity contribution in [2.75, 3.05) is 4.90 Å². The van der Waals surface area contributed by atoms with Crippen molar-refractivity contribution in [1.29, 1.82) is 0 Å². The number of aromatic nitrogens is 1. The lowest BCUT2D eigenvalue weighted by Crippen LogP contribution is -2.16. The highest BCUT2D eigenvalue weighted by molar-refractivity contribution is 5.89. The minimum atomic E-state index is -0.0717.